The molecular weight excluding hydrogens is 517 g/mol. The second-order valence-electron chi connectivity index (χ2n) is 8.42. The smallest absolute Gasteiger partial charge is 0.264 e. The van der Waals surface area contributed by atoms with Crippen molar-refractivity contribution in [1.82, 2.24) is 10.2 Å². The Morgan fingerprint density at radius 2 is 1.68 bits per heavy atom. The molecule has 3 aromatic carbocycles. The average Bonchev–Trinajstić information content (AvgIpc) is 2.89. The summed E-state index contributed by atoms with van der Waals surface area (Å²) in [6.45, 7) is 3.36. The van der Waals surface area contributed by atoms with Crippen LogP contribution < -0.4 is 9.62 Å². The lowest BCUT2D eigenvalue weighted by atomic mass is 10.1. The van der Waals surface area contributed by atoms with Crippen LogP contribution in [0.3, 0.4) is 0 Å². The normalized spacial score (nSPS) is 12.0. The largest absolute Gasteiger partial charge is 0.354 e. The van der Waals surface area contributed by atoms with Crippen molar-refractivity contribution in [2.24, 2.45) is 0 Å². The number of halogens is 2. The molecule has 0 aliphatic carbocycles. The van der Waals surface area contributed by atoms with Crippen LogP contribution in [0.5, 0.6) is 0 Å². The summed E-state index contributed by atoms with van der Waals surface area (Å²) in [6, 6.07) is 18.5. The fourth-order valence-electron chi connectivity index (χ4n) is 3.67. The number of nitrogens with one attached hydrogen (secondary N) is 1. The van der Waals surface area contributed by atoms with E-state index in [1.165, 1.54) is 29.2 Å². The van der Waals surface area contributed by atoms with Gasteiger partial charge in [0.2, 0.25) is 11.8 Å². The molecule has 7 nitrogen and oxygen atoms in total. The van der Waals surface area contributed by atoms with Gasteiger partial charge in [0.1, 0.15) is 18.4 Å². The summed E-state index contributed by atoms with van der Waals surface area (Å²) < 4.78 is 41.7. The van der Waals surface area contributed by atoms with Gasteiger partial charge in [-0.25, -0.2) is 12.8 Å². The summed E-state index contributed by atoms with van der Waals surface area (Å²) in [6.07, 6.45) is 0.717. The lowest BCUT2D eigenvalue weighted by Gasteiger charge is -2.32. The van der Waals surface area contributed by atoms with Crippen molar-refractivity contribution < 1.29 is 22.4 Å². The first-order valence-electron chi connectivity index (χ1n) is 11.8. The monoisotopic (exact) mass is 545 g/mol. The summed E-state index contributed by atoms with van der Waals surface area (Å²) in [5.74, 6) is -1.52. The first kappa shape index (κ1) is 28.1. The third-order valence-electron chi connectivity index (χ3n) is 5.68. The van der Waals surface area contributed by atoms with Gasteiger partial charge in [0.05, 0.1) is 10.6 Å². The fraction of sp³-hybridized carbons (Fsp3) is 0.259. The van der Waals surface area contributed by atoms with E-state index in [-0.39, 0.29) is 23.0 Å². The molecule has 10 heteroatoms. The van der Waals surface area contributed by atoms with E-state index in [4.69, 9.17) is 11.6 Å². The molecule has 0 radical (unpaired) electrons. The number of nitrogens with zero attached hydrogens (tertiary/aromatic N) is 2. The standard InChI is InChI=1S/C27H29ClFN3O4S/c1-3-16-30-27(34)20(2)31(18-21-8-7-9-22(28)17-21)26(33)19-32(24-14-12-23(29)13-15-24)37(35,36)25-10-5-4-6-11-25/h4-15,17,20H,3,16,18-19H2,1-2H3,(H,30,34). The Bertz CT molecular complexity index is 1320. The number of sulfonamides is 1. The molecule has 1 N–H and O–H groups in total. The molecule has 0 bridgehead atoms. The molecule has 0 aliphatic rings. The highest BCUT2D eigenvalue weighted by molar-refractivity contribution is 7.92. The van der Waals surface area contributed by atoms with Crippen LogP contribution in [0.4, 0.5) is 10.1 Å². The van der Waals surface area contributed by atoms with Gasteiger partial charge in [-0.05, 0) is 67.4 Å². The van der Waals surface area contributed by atoms with E-state index in [0.29, 0.717) is 23.6 Å². The maximum absolute atomic E-state index is 13.7. The number of carbonyl (C=O) groups excluding carboxylic acids is 2. The number of hydrogen-bond donors (Lipinski definition) is 1. The van der Waals surface area contributed by atoms with Crippen LogP contribution in [0.15, 0.2) is 83.8 Å². The number of benzene rings is 3. The van der Waals surface area contributed by atoms with Crippen molar-refractivity contribution in [2.75, 3.05) is 17.4 Å². The van der Waals surface area contributed by atoms with E-state index < -0.39 is 34.3 Å². The van der Waals surface area contributed by atoms with E-state index in [0.717, 1.165) is 16.4 Å². The van der Waals surface area contributed by atoms with Crippen molar-refractivity contribution in [3.8, 4) is 0 Å². The Hall–Kier alpha value is -3.43. The van der Waals surface area contributed by atoms with Crippen molar-refractivity contribution in [3.05, 3.63) is 95.3 Å². The zero-order valence-corrected chi connectivity index (χ0v) is 22.2. The number of amides is 2. The van der Waals surface area contributed by atoms with E-state index in [1.54, 1.807) is 49.4 Å². The lowest BCUT2D eigenvalue weighted by Crippen LogP contribution is -2.51. The summed E-state index contributed by atoms with van der Waals surface area (Å²) in [5, 5.41) is 3.24. The van der Waals surface area contributed by atoms with Crippen molar-refractivity contribution in [3.63, 3.8) is 0 Å². The highest BCUT2D eigenvalue weighted by Gasteiger charge is 2.32. The van der Waals surface area contributed by atoms with Gasteiger partial charge >= 0.3 is 0 Å². The van der Waals surface area contributed by atoms with Crippen LogP contribution in [0.1, 0.15) is 25.8 Å². The van der Waals surface area contributed by atoms with Gasteiger partial charge in [0.15, 0.2) is 0 Å². The first-order valence-corrected chi connectivity index (χ1v) is 13.6. The maximum atomic E-state index is 13.7. The Morgan fingerprint density at radius 1 is 1.00 bits per heavy atom. The molecule has 0 spiro atoms. The zero-order valence-electron chi connectivity index (χ0n) is 20.6. The molecule has 3 rings (SSSR count). The molecule has 0 aliphatic heterocycles. The number of carbonyl (C=O) groups is 2. The lowest BCUT2D eigenvalue weighted by molar-refractivity contribution is -0.139. The topological polar surface area (TPSA) is 86.8 Å². The molecule has 0 saturated carbocycles. The third kappa shape index (κ3) is 7.30. The fourth-order valence-corrected chi connectivity index (χ4v) is 5.31. The van der Waals surface area contributed by atoms with Gasteiger partial charge in [-0.2, -0.15) is 0 Å². The van der Waals surface area contributed by atoms with Gasteiger partial charge in [0, 0.05) is 18.1 Å². The molecule has 1 atom stereocenters. The predicted octanol–water partition coefficient (Wildman–Crippen LogP) is 4.62. The van der Waals surface area contributed by atoms with Crippen molar-refractivity contribution in [1.29, 1.82) is 0 Å². The number of anilines is 1. The molecule has 1 unspecified atom stereocenters. The summed E-state index contributed by atoms with van der Waals surface area (Å²) in [5.41, 5.74) is 0.791. The second kappa shape index (κ2) is 12.7. The van der Waals surface area contributed by atoms with Gasteiger partial charge in [-0.1, -0.05) is 48.9 Å². The second-order valence-corrected chi connectivity index (χ2v) is 10.7. The van der Waals surface area contributed by atoms with Gasteiger partial charge in [-0.15, -0.1) is 0 Å². The van der Waals surface area contributed by atoms with E-state index >= 15 is 0 Å². The van der Waals surface area contributed by atoms with Gasteiger partial charge in [-0.3, -0.25) is 13.9 Å². The highest BCUT2D eigenvalue weighted by Crippen LogP contribution is 2.25. The van der Waals surface area contributed by atoms with Crippen LogP contribution in [0, 0.1) is 5.82 Å². The Kier molecular flexibility index (Phi) is 9.66. The maximum Gasteiger partial charge on any atom is 0.264 e. The van der Waals surface area contributed by atoms with E-state index in [9.17, 15) is 22.4 Å². The molecule has 0 saturated heterocycles. The van der Waals surface area contributed by atoms with Crippen LogP contribution >= 0.6 is 11.6 Å². The highest BCUT2D eigenvalue weighted by atomic mass is 35.5. The molecule has 196 valence electrons. The van der Waals surface area contributed by atoms with Crippen LogP contribution in [0.25, 0.3) is 0 Å². The summed E-state index contributed by atoms with van der Waals surface area (Å²) in [7, 11) is -4.19. The molecule has 0 aromatic heterocycles. The minimum Gasteiger partial charge on any atom is -0.354 e. The summed E-state index contributed by atoms with van der Waals surface area (Å²) in [4.78, 5) is 27.8. The SMILES string of the molecule is CCCNC(=O)C(C)N(Cc1cccc(Cl)c1)C(=O)CN(c1ccc(F)cc1)S(=O)(=O)c1ccccc1. The molecule has 3 aromatic rings. The predicted molar refractivity (Wildman–Crippen MR) is 142 cm³/mol. The minimum atomic E-state index is -4.19. The minimum absolute atomic E-state index is 0.0257. The van der Waals surface area contributed by atoms with Gasteiger partial charge in [0.25, 0.3) is 10.0 Å². The Labute approximate surface area is 221 Å². The van der Waals surface area contributed by atoms with E-state index in [1.807, 2.05) is 6.92 Å². The Balaban J connectivity index is 2.00. The number of hydrogen-bond acceptors (Lipinski definition) is 4. The van der Waals surface area contributed by atoms with Crippen LogP contribution in [-0.4, -0.2) is 44.3 Å². The van der Waals surface area contributed by atoms with Crippen LogP contribution in [0.2, 0.25) is 5.02 Å². The molecule has 2 amide bonds. The zero-order chi connectivity index (χ0) is 27.0. The first-order chi connectivity index (χ1) is 17.6. The average molecular weight is 546 g/mol. The van der Waals surface area contributed by atoms with Gasteiger partial charge < -0.3 is 10.2 Å². The summed E-state index contributed by atoms with van der Waals surface area (Å²) >= 11 is 6.12. The molecule has 37 heavy (non-hydrogen) atoms. The quantitative estimate of drug-likeness (QED) is 0.381. The Morgan fingerprint density at radius 3 is 2.30 bits per heavy atom. The van der Waals surface area contributed by atoms with Crippen molar-refractivity contribution in [2.45, 2.75) is 37.8 Å². The van der Waals surface area contributed by atoms with E-state index in [2.05, 4.69) is 5.32 Å². The molecular formula is C27H29ClFN3O4S. The molecule has 0 fully saturated rings. The molecule has 0 heterocycles. The number of rotatable bonds is 11. The van der Waals surface area contributed by atoms with Crippen molar-refractivity contribution >= 4 is 39.1 Å². The van der Waals surface area contributed by atoms with Crippen LogP contribution in [-0.2, 0) is 26.2 Å². The third-order valence-corrected chi connectivity index (χ3v) is 7.71.